The molecular weight excluding hydrogens is 598 g/mol. The maximum absolute atomic E-state index is 12.8. The van der Waals surface area contributed by atoms with E-state index < -0.39 is 11.9 Å². The number of anilines is 2. The predicted molar refractivity (Wildman–Crippen MR) is 167 cm³/mol. The molecule has 4 rings (SSSR count). The summed E-state index contributed by atoms with van der Waals surface area (Å²) in [5.74, 6) is 4.29. The molecular formula is C33H35N3O10. The zero-order valence-electron chi connectivity index (χ0n) is 25.2. The van der Waals surface area contributed by atoms with Crippen LogP contribution < -0.4 is 31.1 Å². The molecule has 0 aliphatic heterocycles. The first kappa shape index (κ1) is 33.7. The van der Waals surface area contributed by atoms with Gasteiger partial charge in [0.2, 0.25) is 0 Å². The molecule has 242 valence electrons. The molecule has 46 heavy (non-hydrogen) atoms. The topological polar surface area (TPSA) is 180 Å². The van der Waals surface area contributed by atoms with E-state index in [4.69, 9.17) is 30.4 Å². The van der Waals surface area contributed by atoms with Crippen molar-refractivity contribution in [3.63, 3.8) is 0 Å². The van der Waals surface area contributed by atoms with Gasteiger partial charge >= 0.3 is 5.97 Å². The van der Waals surface area contributed by atoms with E-state index in [0.29, 0.717) is 30.4 Å². The molecule has 0 heterocycles. The lowest BCUT2D eigenvalue weighted by Gasteiger charge is -2.25. The van der Waals surface area contributed by atoms with Crippen molar-refractivity contribution in [3.05, 3.63) is 113 Å². The van der Waals surface area contributed by atoms with Gasteiger partial charge in [0.1, 0.15) is 18.1 Å². The van der Waals surface area contributed by atoms with E-state index in [9.17, 15) is 14.7 Å². The predicted octanol–water partition coefficient (Wildman–Crippen LogP) is 5.84. The molecule has 1 amide bonds. The molecule has 0 saturated carbocycles. The van der Waals surface area contributed by atoms with Gasteiger partial charge in [-0.25, -0.2) is 9.68 Å². The second kappa shape index (κ2) is 16.2. The smallest absolute Gasteiger partial charge is 0.336 e. The van der Waals surface area contributed by atoms with Gasteiger partial charge in [-0.1, -0.05) is 43.1 Å². The van der Waals surface area contributed by atoms with Crippen LogP contribution in [0.1, 0.15) is 45.7 Å². The number of carboxylic acid groups (broad SMARTS) is 1. The molecule has 13 heteroatoms. The minimum absolute atomic E-state index is 0.0667. The number of carboxylic acids is 1. The van der Waals surface area contributed by atoms with Crippen LogP contribution in [-0.2, 0) is 27.9 Å². The van der Waals surface area contributed by atoms with Crippen molar-refractivity contribution in [2.45, 2.75) is 27.1 Å². The molecule has 0 bridgehead atoms. The van der Waals surface area contributed by atoms with Crippen LogP contribution in [0.5, 0.6) is 17.2 Å². The number of hydrogen-bond donors (Lipinski definition) is 5. The average Bonchev–Trinajstić information content (AvgIpc) is 3.05. The van der Waals surface area contributed by atoms with Crippen molar-refractivity contribution in [3.8, 4) is 17.2 Å². The number of nitrogens with one attached hydrogen (secondary N) is 2. The van der Waals surface area contributed by atoms with Gasteiger partial charge in [0.05, 0.1) is 36.6 Å². The maximum atomic E-state index is 12.8. The zero-order valence-corrected chi connectivity index (χ0v) is 25.2. The standard InChI is InChI=1S/C33H35N3O10/c1-33(2,21-42-27-13-9-25(10-14-27)36-43-18-22-5-3-4-6-23(22)19-44-40)20-41-26-11-7-24(8-12-26)35-31(37)30-17-28(45-46-34)15-16-29(30)32(38)39/h3-17,36,40H,18-21,34H2,1-2H3,(H,35,37)(H,38,39). The maximum Gasteiger partial charge on any atom is 0.336 e. The van der Waals surface area contributed by atoms with Gasteiger partial charge in [0.25, 0.3) is 5.91 Å². The second-order valence-corrected chi connectivity index (χ2v) is 10.9. The van der Waals surface area contributed by atoms with Crippen LogP contribution in [0, 0.1) is 5.41 Å². The summed E-state index contributed by atoms with van der Waals surface area (Å²) in [5.41, 5.74) is 5.11. The van der Waals surface area contributed by atoms with Crippen LogP contribution >= 0.6 is 0 Å². The monoisotopic (exact) mass is 633 g/mol. The summed E-state index contributed by atoms with van der Waals surface area (Å²) in [6.45, 7) is 5.13. The average molecular weight is 634 g/mol. The molecule has 13 nitrogen and oxygen atoms in total. The Kier molecular flexibility index (Phi) is 11.9. The molecule has 0 fully saturated rings. The molecule has 4 aromatic carbocycles. The van der Waals surface area contributed by atoms with Gasteiger partial charge in [0, 0.05) is 11.1 Å². The number of carbonyl (C=O) groups excluding carboxylic acids is 1. The van der Waals surface area contributed by atoms with E-state index in [-0.39, 0.29) is 35.5 Å². The van der Waals surface area contributed by atoms with Crippen molar-refractivity contribution in [1.82, 2.24) is 0 Å². The minimum Gasteiger partial charge on any atom is -0.493 e. The van der Waals surface area contributed by atoms with Crippen LogP contribution in [0.25, 0.3) is 0 Å². The first-order valence-corrected chi connectivity index (χ1v) is 14.1. The Labute approximate surface area is 265 Å². The molecule has 0 aliphatic rings. The molecule has 0 unspecified atom stereocenters. The van der Waals surface area contributed by atoms with E-state index >= 15 is 0 Å². The van der Waals surface area contributed by atoms with Crippen LogP contribution in [0.2, 0.25) is 0 Å². The Morgan fingerprint density at radius 3 is 1.89 bits per heavy atom. The van der Waals surface area contributed by atoms with Crippen molar-refractivity contribution >= 4 is 23.3 Å². The van der Waals surface area contributed by atoms with Gasteiger partial charge in [-0.2, -0.15) is 5.90 Å². The highest BCUT2D eigenvalue weighted by atomic mass is 17.3. The van der Waals surface area contributed by atoms with Gasteiger partial charge in [-0.3, -0.25) is 20.4 Å². The van der Waals surface area contributed by atoms with Gasteiger partial charge in [-0.15, -0.1) is 0 Å². The Morgan fingerprint density at radius 2 is 1.33 bits per heavy atom. The summed E-state index contributed by atoms with van der Waals surface area (Å²) in [6, 6.07) is 25.3. The van der Waals surface area contributed by atoms with E-state index in [1.165, 1.54) is 18.2 Å². The Morgan fingerprint density at radius 1 is 0.761 bits per heavy atom. The number of hydrogen-bond acceptors (Lipinski definition) is 11. The first-order valence-electron chi connectivity index (χ1n) is 14.1. The lowest BCUT2D eigenvalue weighted by Crippen LogP contribution is -2.28. The van der Waals surface area contributed by atoms with Crippen LogP contribution in [0.3, 0.4) is 0 Å². The van der Waals surface area contributed by atoms with Crippen LogP contribution in [0.4, 0.5) is 11.4 Å². The number of aromatic carboxylic acids is 1. The van der Waals surface area contributed by atoms with E-state index in [2.05, 4.69) is 20.7 Å². The summed E-state index contributed by atoms with van der Waals surface area (Å²) in [5, 5.41) is 20.8. The van der Waals surface area contributed by atoms with Crippen LogP contribution in [0.15, 0.2) is 91.0 Å². The highest BCUT2D eigenvalue weighted by Gasteiger charge is 2.21. The van der Waals surface area contributed by atoms with E-state index in [0.717, 1.165) is 16.8 Å². The molecule has 4 aromatic rings. The van der Waals surface area contributed by atoms with Crippen LogP contribution in [-0.4, -0.2) is 35.5 Å². The zero-order chi connectivity index (χ0) is 32.9. The summed E-state index contributed by atoms with van der Waals surface area (Å²) >= 11 is 0. The third-order valence-electron chi connectivity index (χ3n) is 6.59. The quantitative estimate of drug-likeness (QED) is 0.0694. The highest BCUT2D eigenvalue weighted by Crippen LogP contribution is 2.25. The van der Waals surface area contributed by atoms with Gasteiger partial charge in [-0.05, 0) is 77.9 Å². The lowest BCUT2D eigenvalue weighted by atomic mass is 9.96. The third-order valence-corrected chi connectivity index (χ3v) is 6.59. The number of amides is 1. The Bertz CT molecular complexity index is 1590. The van der Waals surface area contributed by atoms with Crippen molar-refractivity contribution < 1.29 is 49.0 Å². The fourth-order valence-electron chi connectivity index (χ4n) is 4.16. The van der Waals surface area contributed by atoms with Crippen molar-refractivity contribution in [1.29, 1.82) is 0 Å². The van der Waals surface area contributed by atoms with Crippen molar-refractivity contribution in [2.75, 3.05) is 24.0 Å². The minimum atomic E-state index is -1.27. The summed E-state index contributed by atoms with van der Waals surface area (Å²) in [6.07, 6.45) is 0. The number of rotatable bonds is 17. The Balaban J connectivity index is 1.23. The molecule has 6 N–H and O–H groups in total. The van der Waals surface area contributed by atoms with E-state index in [1.807, 2.05) is 62.4 Å². The second-order valence-electron chi connectivity index (χ2n) is 10.9. The molecule has 0 aliphatic carbocycles. The lowest BCUT2D eigenvalue weighted by molar-refractivity contribution is -0.253. The fourth-order valence-corrected chi connectivity index (χ4v) is 4.16. The molecule has 0 radical (unpaired) electrons. The molecule has 0 saturated heterocycles. The third kappa shape index (κ3) is 9.92. The molecule has 0 atom stereocenters. The number of benzene rings is 4. The Hall–Kier alpha value is -5.18. The van der Waals surface area contributed by atoms with Gasteiger partial charge in [0.15, 0.2) is 5.75 Å². The number of ether oxygens (including phenoxy) is 2. The summed E-state index contributed by atoms with van der Waals surface area (Å²) in [4.78, 5) is 43.0. The van der Waals surface area contributed by atoms with E-state index in [1.54, 1.807) is 24.3 Å². The van der Waals surface area contributed by atoms with Gasteiger partial charge < -0.3 is 24.8 Å². The number of carbonyl (C=O) groups is 2. The normalized spacial score (nSPS) is 11.0. The SMILES string of the molecule is CC(C)(COc1ccc(NOCc2ccccc2COO)cc1)COc1ccc(NC(=O)c2cc(OON)ccc2C(=O)O)cc1. The summed E-state index contributed by atoms with van der Waals surface area (Å²) < 4.78 is 11.9. The summed E-state index contributed by atoms with van der Waals surface area (Å²) in [7, 11) is 0. The molecule has 0 aromatic heterocycles. The highest BCUT2D eigenvalue weighted by molar-refractivity contribution is 6.11. The number of nitrogens with two attached hydrogens (primary N) is 1. The fraction of sp³-hybridized carbons (Fsp3) is 0.212. The molecule has 0 spiro atoms. The largest absolute Gasteiger partial charge is 0.493 e. The first-order chi connectivity index (χ1) is 22.2. The van der Waals surface area contributed by atoms with Crippen molar-refractivity contribution in [2.24, 2.45) is 11.3 Å².